The Labute approximate surface area is 209 Å². The normalized spacial score (nSPS) is 48.3. The average molecular weight is 479 g/mol. The molecule has 0 radical (unpaired) electrons. The van der Waals surface area contributed by atoms with Crippen LogP contribution in [-0.4, -0.2) is 22.4 Å². The zero-order chi connectivity index (χ0) is 25.0. The van der Waals surface area contributed by atoms with Gasteiger partial charge in [0.25, 0.3) is 0 Å². The Balaban J connectivity index is 1.49. The zero-order valence-corrected chi connectivity index (χ0v) is 22.4. The second-order valence-electron chi connectivity index (χ2n) is 14.4. The van der Waals surface area contributed by atoms with Gasteiger partial charge in [-0.1, -0.05) is 52.3 Å². The summed E-state index contributed by atoms with van der Waals surface area (Å²) in [5, 5.41) is 17.4. The van der Waals surface area contributed by atoms with E-state index in [1.807, 2.05) is 12.4 Å². The van der Waals surface area contributed by atoms with Gasteiger partial charge in [0.1, 0.15) is 5.76 Å². The van der Waals surface area contributed by atoms with E-state index < -0.39 is 0 Å². The summed E-state index contributed by atoms with van der Waals surface area (Å²) in [6.45, 7) is 14.3. The van der Waals surface area contributed by atoms with Crippen LogP contribution in [0.4, 0.5) is 0 Å². The molecule has 0 amide bonds. The number of rotatable bonds is 1. The molecule has 0 bridgehead atoms. The third-order valence-electron chi connectivity index (χ3n) is 12.4. The number of carbonyl (C=O) groups excluding carboxylic acids is 1. The SMILES string of the molecule is C[C@@H]1c2oncc2C[C@]2(C)C3=CC(=O)[C@@H]4[C@@H]5CC(C)(C)CC[C@]5(/C=N/O)CC[C@@]4(C)[C@]3(C)CC[C@@H]12. The Morgan fingerprint density at radius 3 is 2.57 bits per heavy atom. The van der Waals surface area contributed by atoms with Crippen molar-refractivity contribution < 1.29 is 14.5 Å². The quantitative estimate of drug-likeness (QED) is 0.269. The maximum absolute atomic E-state index is 14.3. The Hall–Kier alpha value is -1.91. The highest BCUT2D eigenvalue weighted by Crippen LogP contribution is 2.74. The van der Waals surface area contributed by atoms with Gasteiger partial charge in [0.2, 0.25) is 0 Å². The standard InChI is InChI=1S/C30H42N2O3/c1-18-20-7-8-28(5)23(27(20,4)14-19-16-32-35-25(18)19)13-22(33)24-21-15-26(2,3)9-11-30(21,17-31-34)12-10-29(24,28)6/h13,16-18,20-21,24,34H,7-12,14-15H2,1-6H3/b31-17+/t18-,20-,21-,24-,27-,28+,29+,30+/m0/s1. The van der Waals surface area contributed by atoms with Gasteiger partial charge in [-0.15, -0.1) is 5.16 Å². The van der Waals surface area contributed by atoms with E-state index in [4.69, 9.17) is 4.52 Å². The van der Waals surface area contributed by atoms with Gasteiger partial charge in [-0.2, -0.15) is 0 Å². The summed E-state index contributed by atoms with van der Waals surface area (Å²) in [5.74, 6) is 2.37. The molecule has 5 aliphatic carbocycles. The minimum absolute atomic E-state index is 0.0185. The van der Waals surface area contributed by atoms with Gasteiger partial charge in [-0.25, -0.2) is 0 Å². The number of ketones is 1. The van der Waals surface area contributed by atoms with Crippen molar-refractivity contribution in [2.45, 2.75) is 98.8 Å². The Bertz CT molecular complexity index is 1130. The number of oxime groups is 1. The van der Waals surface area contributed by atoms with E-state index in [2.05, 4.69) is 57.9 Å². The second kappa shape index (κ2) is 7.10. The van der Waals surface area contributed by atoms with Crippen molar-refractivity contribution in [3.8, 4) is 0 Å². The van der Waals surface area contributed by atoms with E-state index in [9.17, 15) is 10.0 Å². The van der Waals surface area contributed by atoms with Crippen molar-refractivity contribution in [1.29, 1.82) is 0 Å². The van der Waals surface area contributed by atoms with Crippen LogP contribution in [0.5, 0.6) is 0 Å². The van der Waals surface area contributed by atoms with Gasteiger partial charge in [0.05, 0.1) is 12.4 Å². The number of nitrogens with zero attached hydrogens (tertiary/aromatic N) is 2. The van der Waals surface area contributed by atoms with Crippen molar-refractivity contribution >= 4 is 12.0 Å². The lowest BCUT2D eigenvalue weighted by Crippen LogP contribution is -2.64. The van der Waals surface area contributed by atoms with E-state index in [0.717, 1.165) is 57.1 Å². The molecule has 1 aromatic heterocycles. The number of hydrogen-bond acceptors (Lipinski definition) is 5. The smallest absolute Gasteiger partial charge is 0.159 e. The molecule has 0 unspecified atom stereocenters. The third-order valence-corrected chi connectivity index (χ3v) is 12.4. The second-order valence-corrected chi connectivity index (χ2v) is 14.4. The lowest BCUT2D eigenvalue weighted by Gasteiger charge is -2.68. The number of fused-ring (bicyclic) bond motifs is 8. The molecular formula is C30H42N2O3. The fourth-order valence-electron chi connectivity index (χ4n) is 10.2. The van der Waals surface area contributed by atoms with Crippen LogP contribution in [0.25, 0.3) is 0 Å². The van der Waals surface area contributed by atoms with Crippen molar-refractivity contribution in [1.82, 2.24) is 5.16 Å². The predicted octanol–water partition coefficient (Wildman–Crippen LogP) is 6.95. The number of aromatic nitrogens is 1. The Kier molecular flexibility index (Phi) is 4.77. The van der Waals surface area contributed by atoms with Gasteiger partial charge in [0.15, 0.2) is 5.78 Å². The first-order valence-corrected chi connectivity index (χ1v) is 13.8. The molecule has 0 spiro atoms. The molecule has 35 heavy (non-hydrogen) atoms. The van der Waals surface area contributed by atoms with E-state index in [1.54, 1.807) is 0 Å². The van der Waals surface area contributed by atoms with Crippen LogP contribution >= 0.6 is 0 Å². The molecule has 5 aliphatic rings. The minimum atomic E-state index is -0.163. The summed E-state index contributed by atoms with van der Waals surface area (Å²) in [6, 6.07) is 0. The zero-order valence-electron chi connectivity index (χ0n) is 22.4. The molecule has 5 nitrogen and oxygen atoms in total. The topological polar surface area (TPSA) is 75.7 Å². The molecule has 0 saturated heterocycles. The van der Waals surface area contributed by atoms with Crippen LogP contribution in [-0.2, 0) is 11.2 Å². The molecule has 6 rings (SSSR count). The lowest BCUT2D eigenvalue weighted by atomic mass is 9.34. The van der Waals surface area contributed by atoms with Crippen LogP contribution in [0.15, 0.2) is 27.5 Å². The summed E-state index contributed by atoms with van der Waals surface area (Å²) < 4.78 is 5.69. The van der Waals surface area contributed by atoms with Crippen molar-refractivity contribution in [3.05, 3.63) is 29.2 Å². The summed E-state index contributed by atoms with van der Waals surface area (Å²) in [7, 11) is 0. The maximum Gasteiger partial charge on any atom is 0.159 e. The van der Waals surface area contributed by atoms with Crippen LogP contribution in [0.3, 0.4) is 0 Å². The van der Waals surface area contributed by atoms with Gasteiger partial charge in [0, 0.05) is 22.8 Å². The van der Waals surface area contributed by atoms with Gasteiger partial charge >= 0.3 is 0 Å². The predicted molar refractivity (Wildman–Crippen MR) is 135 cm³/mol. The highest BCUT2D eigenvalue weighted by atomic mass is 16.5. The number of carbonyl (C=O) groups is 1. The van der Waals surface area contributed by atoms with Crippen molar-refractivity contribution in [2.75, 3.05) is 0 Å². The monoisotopic (exact) mass is 478 g/mol. The van der Waals surface area contributed by atoms with Gasteiger partial charge in [-0.3, -0.25) is 4.79 Å². The molecule has 190 valence electrons. The van der Waals surface area contributed by atoms with Crippen molar-refractivity contribution in [2.24, 2.45) is 50.0 Å². The highest BCUT2D eigenvalue weighted by Gasteiger charge is 2.68. The fourth-order valence-corrected chi connectivity index (χ4v) is 10.2. The molecule has 1 N–H and O–H groups in total. The van der Waals surface area contributed by atoms with Crippen LogP contribution in [0.1, 0.15) is 104 Å². The van der Waals surface area contributed by atoms with E-state index in [-0.39, 0.29) is 38.9 Å². The van der Waals surface area contributed by atoms with Gasteiger partial charge in [-0.05, 0) is 90.9 Å². The summed E-state index contributed by atoms with van der Waals surface area (Å²) in [6.07, 6.45) is 14.2. The first-order chi connectivity index (χ1) is 16.4. The first-order valence-electron chi connectivity index (χ1n) is 13.8. The van der Waals surface area contributed by atoms with Crippen LogP contribution in [0, 0.1) is 44.8 Å². The summed E-state index contributed by atoms with van der Waals surface area (Å²) >= 11 is 0. The highest BCUT2D eigenvalue weighted by molar-refractivity contribution is 5.96. The van der Waals surface area contributed by atoms with E-state index >= 15 is 0 Å². The number of allylic oxidation sites excluding steroid dienone is 2. The molecule has 1 aromatic rings. The lowest BCUT2D eigenvalue weighted by molar-refractivity contribution is -0.159. The summed E-state index contributed by atoms with van der Waals surface area (Å²) in [4.78, 5) is 14.3. The molecule has 8 atom stereocenters. The maximum atomic E-state index is 14.3. The number of hydrogen-bond donors (Lipinski definition) is 1. The Morgan fingerprint density at radius 1 is 1.09 bits per heavy atom. The molecule has 0 aromatic carbocycles. The van der Waals surface area contributed by atoms with E-state index in [0.29, 0.717) is 17.6 Å². The molecule has 3 saturated carbocycles. The molecule has 1 heterocycles. The molecule has 0 aliphatic heterocycles. The van der Waals surface area contributed by atoms with Gasteiger partial charge < -0.3 is 9.73 Å². The first kappa shape index (κ1) is 23.5. The summed E-state index contributed by atoms with van der Waals surface area (Å²) in [5.41, 5.74) is 2.48. The molecule has 5 heteroatoms. The van der Waals surface area contributed by atoms with Crippen molar-refractivity contribution in [3.63, 3.8) is 0 Å². The largest absolute Gasteiger partial charge is 0.411 e. The van der Waals surface area contributed by atoms with Crippen LogP contribution in [0.2, 0.25) is 0 Å². The Morgan fingerprint density at radius 2 is 1.83 bits per heavy atom. The third kappa shape index (κ3) is 2.84. The molecule has 3 fully saturated rings. The minimum Gasteiger partial charge on any atom is -0.411 e. The van der Waals surface area contributed by atoms with Crippen LogP contribution < -0.4 is 0 Å². The van der Waals surface area contributed by atoms with E-state index in [1.165, 1.54) is 11.1 Å². The average Bonchev–Trinajstić information content (AvgIpc) is 3.24. The fraction of sp³-hybridized carbons (Fsp3) is 0.767. The molecular weight excluding hydrogens is 436 g/mol.